The van der Waals surface area contributed by atoms with E-state index in [1.54, 1.807) is 0 Å². The van der Waals surface area contributed by atoms with Gasteiger partial charge in [0.05, 0.1) is 13.2 Å². The van der Waals surface area contributed by atoms with Gasteiger partial charge in [0.25, 0.3) is 0 Å². The highest BCUT2D eigenvalue weighted by atomic mass is 16.5. The molecule has 0 spiro atoms. The highest BCUT2D eigenvalue weighted by Gasteiger charge is 2.21. The molecule has 0 bridgehead atoms. The molecule has 5 nitrogen and oxygen atoms in total. The van der Waals surface area contributed by atoms with E-state index in [4.69, 9.17) is 9.47 Å². The number of aryl methyl sites for hydroxylation is 1. The minimum atomic E-state index is 0.233. The lowest BCUT2D eigenvalue weighted by Gasteiger charge is -2.35. The topological polar surface area (TPSA) is 42.0 Å². The lowest BCUT2D eigenvalue weighted by molar-refractivity contribution is -0.133. The van der Waals surface area contributed by atoms with Crippen molar-refractivity contribution < 1.29 is 14.3 Å². The normalized spacial score (nSPS) is 14.6. The molecule has 1 fully saturated rings. The number of hydrogen-bond acceptors (Lipinski definition) is 4. The number of ether oxygens (including phenoxy) is 2. The van der Waals surface area contributed by atoms with Crippen LogP contribution in [-0.4, -0.2) is 55.1 Å². The smallest absolute Gasteiger partial charge is 0.222 e. The molecule has 0 atom stereocenters. The van der Waals surface area contributed by atoms with Crippen molar-refractivity contribution in [2.24, 2.45) is 0 Å². The van der Waals surface area contributed by atoms with E-state index in [1.807, 2.05) is 55.1 Å². The third-order valence-electron chi connectivity index (χ3n) is 5.25. The number of carbonyl (C=O) groups excluding carboxylic acids is 1. The Balaban J connectivity index is 1.43. The number of piperazine rings is 1. The molecule has 5 heteroatoms. The molecule has 156 valence electrons. The van der Waals surface area contributed by atoms with Crippen LogP contribution in [0, 0.1) is 0 Å². The molecule has 0 aliphatic carbocycles. The van der Waals surface area contributed by atoms with Crippen molar-refractivity contribution in [2.75, 3.05) is 39.4 Å². The third-order valence-corrected chi connectivity index (χ3v) is 5.25. The maximum Gasteiger partial charge on any atom is 0.222 e. The van der Waals surface area contributed by atoms with E-state index < -0.39 is 0 Å². The van der Waals surface area contributed by atoms with E-state index in [0.29, 0.717) is 19.6 Å². The Morgan fingerprint density at radius 2 is 1.59 bits per heavy atom. The van der Waals surface area contributed by atoms with Crippen LogP contribution in [-0.2, 0) is 17.8 Å². The van der Waals surface area contributed by atoms with E-state index in [-0.39, 0.29) is 5.91 Å². The molecular weight excluding hydrogens is 364 g/mol. The highest BCUT2D eigenvalue weighted by Crippen LogP contribution is 2.20. The summed E-state index contributed by atoms with van der Waals surface area (Å²) in [6.45, 7) is 9.63. The summed E-state index contributed by atoms with van der Waals surface area (Å²) in [5.41, 5.74) is 2.39. The summed E-state index contributed by atoms with van der Waals surface area (Å²) in [6, 6.07) is 16.3. The standard InChI is InChI=1S/C24H32N2O3/c1-3-28-22-12-9-20(10-13-22)19-25-15-17-26(18-16-25)24(27)14-11-21-7-5-6-8-23(21)29-4-2/h5-10,12-13H,3-4,11,14-19H2,1-2H3. The van der Waals surface area contributed by atoms with Crippen molar-refractivity contribution in [2.45, 2.75) is 33.2 Å². The van der Waals surface area contributed by atoms with Gasteiger partial charge in [0, 0.05) is 39.1 Å². The molecular formula is C24H32N2O3. The van der Waals surface area contributed by atoms with Gasteiger partial charge in [-0.3, -0.25) is 9.69 Å². The van der Waals surface area contributed by atoms with Gasteiger partial charge in [-0.25, -0.2) is 0 Å². The fourth-order valence-electron chi connectivity index (χ4n) is 3.68. The number of benzene rings is 2. The number of amides is 1. The summed E-state index contributed by atoms with van der Waals surface area (Å²) < 4.78 is 11.2. The zero-order valence-electron chi connectivity index (χ0n) is 17.6. The Morgan fingerprint density at radius 1 is 0.897 bits per heavy atom. The minimum absolute atomic E-state index is 0.233. The van der Waals surface area contributed by atoms with E-state index in [2.05, 4.69) is 17.0 Å². The predicted octanol–water partition coefficient (Wildman–Crippen LogP) is 3.76. The highest BCUT2D eigenvalue weighted by molar-refractivity contribution is 5.76. The summed E-state index contributed by atoms with van der Waals surface area (Å²) in [7, 11) is 0. The Labute approximate surface area is 174 Å². The summed E-state index contributed by atoms with van der Waals surface area (Å²) in [4.78, 5) is 17.1. The second kappa shape index (κ2) is 10.9. The zero-order valence-corrected chi connectivity index (χ0v) is 17.6. The molecule has 2 aromatic rings. The Hall–Kier alpha value is -2.53. The second-order valence-electron chi connectivity index (χ2n) is 7.27. The molecule has 0 aromatic heterocycles. The van der Waals surface area contributed by atoms with E-state index in [1.165, 1.54) is 5.56 Å². The largest absolute Gasteiger partial charge is 0.494 e. The molecule has 1 heterocycles. The van der Waals surface area contributed by atoms with Gasteiger partial charge in [0.15, 0.2) is 0 Å². The summed E-state index contributed by atoms with van der Waals surface area (Å²) in [5.74, 6) is 2.04. The van der Waals surface area contributed by atoms with Crippen molar-refractivity contribution in [1.29, 1.82) is 0 Å². The number of rotatable bonds is 9. The van der Waals surface area contributed by atoms with Gasteiger partial charge in [-0.2, -0.15) is 0 Å². The number of carbonyl (C=O) groups is 1. The van der Waals surface area contributed by atoms with Gasteiger partial charge in [0.1, 0.15) is 11.5 Å². The van der Waals surface area contributed by atoms with Gasteiger partial charge in [-0.1, -0.05) is 30.3 Å². The molecule has 3 rings (SSSR count). The lowest BCUT2D eigenvalue weighted by atomic mass is 10.1. The lowest BCUT2D eigenvalue weighted by Crippen LogP contribution is -2.48. The van der Waals surface area contributed by atoms with Gasteiger partial charge >= 0.3 is 0 Å². The molecule has 29 heavy (non-hydrogen) atoms. The minimum Gasteiger partial charge on any atom is -0.494 e. The molecule has 2 aromatic carbocycles. The summed E-state index contributed by atoms with van der Waals surface area (Å²) in [6.07, 6.45) is 1.25. The average molecular weight is 397 g/mol. The Bertz CT molecular complexity index is 768. The van der Waals surface area contributed by atoms with E-state index >= 15 is 0 Å². The predicted molar refractivity (Wildman–Crippen MR) is 115 cm³/mol. The average Bonchev–Trinajstić information content (AvgIpc) is 2.75. The van der Waals surface area contributed by atoms with Gasteiger partial charge in [-0.05, 0) is 49.6 Å². The van der Waals surface area contributed by atoms with Crippen LogP contribution in [0.25, 0.3) is 0 Å². The van der Waals surface area contributed by atoms with Crippen LogP contribution in [0.3, 0.4) is 0 Å². The zero-order chi connectivity index (χ0) is 20.5. The number of para-hydroxylation sites is 1. The summed E-state index contributed by atoms with van der Waals surface area (Å²) in [5, 5.41) is 0. The SMILES string of the molecule is CCOc1ccc(CN2CCN(C(=O)CCc3ccccc3OCC)CC2)cc1. The van der Waals surface area contributed by atoms with Crippen LogP contribution >= 0.6 is 0 Å². The molecule has 1 amide bonds. The van der Waals surface area contributed by atoms with Crippen LogP contribution in [0.4, 0.5) is 0 Å². The van der Waals surface area contributed by atoms with Gasteiger partial charge in [0.2, 0.25) is 5.91 Å². The van der Waals surface area contributed by atoms with Crippen LogP contribution in [0.2, 0.25) is 0 Å². The van der Waals surface area contributed by atoms with Crippen LogP contribution < -0.4 is 9.47 Å². The fourth-order valence-corrected chi connectivity index (χ4v) is 3.68. The molecule has 0 unspecified atom stereocenters. The molecule has 0 radical (unpaired) electrons. The molecule has 0 saturated carbocycles. The molecule has 1 aliphatic rings. The molecule has 1 saturated heterocycles. The molecule has 0 N–H and O–H groups in total. The first-order valence-electron chi connectivity index (χ1n) is 10.6. The first kappa shape index (κ1) is 21.2. The number of nitrogens with zero attached hydrogens (tertiary/aromatic N) is 2. The van der Waals surface area contributed by atoms with Crippen molar-refractivity contribution in [3.63, 3.8) is 0 Å². The van der Waals surface area contributed by atoms with Gasteiger partial charge in [-0.15, -0.1) is 0 Å². The van der Waals surface area contributed by atoms with Crippen LogP contribution in [0.5, 0.6) is 11.5 Å². The van der Waals surface area contributed by atoms with Crippen molar-refractivity contribution >= 4 is 5.91 Å². The van der Waals surface area contributed by atoms with Crippen LogP contribution in [0.1, 0.15) is 31.4 Å². The van der Waals surface area contributed by atoms with E-state index in [9.17, 15) is 4.79 Å². The quantitative estimate of drug-likeness (QED) is 0.647. The van der Waals surface area contributed by atoms with Crippen LogP contribution in [0.15, 0.2) is 48.5 Å². The van der Waals surface area contributed by atoms with Gasteiger partial charge < -0.3 is 14.4 Å². The first-order valence-corrected chi connectivity index (χ1v) is 10.6. The monoisotopic (exact) mass is 396 g/mol. The first-order chi connectivity index (χ1) is 14.2. The number of hydrogen-bond donors (Lipinski definition) is 0. The van der Waals surface area contributed by atoms with Crippen molar-refractivity contribution in [3.05, 3.63) is 59.7 Å². The Morgan fingerprint density at radius 3 is 2.28 bits per heavy atom. The third kappa shape index (κ3) is 6.23. The second-order valence-corrected chi connectivity index (χ2v) is 7.27. The summed E-state index contributed by atoms with van der Waals surface area (Å²) >= 11 is 0. The van der Waals surface area contributed by atoms with Crippen molar-refractivity contribution in [3.8, 4) is 11.5 Å². The maximum absolute atomic E-state index is 12.7. The van der Waals surface area contributed by atoms with Crippen molar-refractivity contribution in [1.82, 2.24) is 9.80 Å². The van der Waals surface area contributed by atoms with E-state index in [0.717, 1.165) is 56.2 Å². The molecule has 1 aliphatic heterocycles. The Kier molecular flexibility index (Phi) is 7.94. The maximum atomic E-state index is 12.7. The fraction of sp³-hybridized carbons (Fsp3) is 0.458.